The van der Waals surface area contributed by atoms with E-state index in [0.29, 0.717) is 18.8 Å². The lowest BCUT2D eigenvalue weighted by atomic mass is 10.3. The fourth-order valence-corrected chi connectivity index (χ4v) is 1.86. The molecule has 6 heteroatoms. The Hall–Kier alpha value is -1.11. The Kier molecular flexibility index (Phi) is 4.07. The molecule has 0 aliphatic heterocycles. The summed E-state index contributed by atoms with van der Waals surface area (Å²) in [5, 5.41) is 8.00. The van der Waals surface area contributed by atoms with E-state index in [4.69, 9.17) is 9.88 Å². The second-order valence-corrected chi connectivity index (χ2v) is 4.49. The van der Waals surface area contributed by atoms with Crippen LogP contribution in [0.3, 0.4) is 0 Å². The van der Waals surface area contributed by atoms with Gasteiger partial charge in [-0.3, -0.25) is 0 Å². The fourth-order valence-electron chi connectivity index (χ4n) is 1.15. The molecule has 0 saturated carbocycles. The van der Waals surface area contributed by atoms with Gasteiger partial charge in [0.15, 0.2) is 0 Å². The number of nitrogens with one attached hydrogen (secondary N) is 1. The Morgan fingerprint density at radius 1 is 1.40 bits per heavy atom. The monoisotopic (exact) mass is 230 g/mol. The number of nitrogens with two attached hydrogens (primary N) is 1. The van der Waals surface area contributed by atoms with Crippen molar-refractivity contribution in [2.45, 2.75) is 4.90 Å². The zero-order chi connectivity index (χ0) is 11.3. The molecule has 84 valence electrons. The van der Waals surface area contributed by atoms with Gasteiger partial charge in [-0.25, -0.2) is 13.6 Å². The van der Waals surface area contributed by atoms with E-state index in [1.807, 2.05) is 0 Å². The lowest BCUT2D eigenvalue weighted by molar-refractivity contribution is 0.210. The number of sulfonamides is 1. The Bertz CT molecular complexity index is 417. The minimum absolute atomic E-state index is 0.0982. The zero-order valence-electron chi connectivity index (χ0n) is 8.43. The van der Waals surface area contributed by atoms with Crippen molar-refractivity contribution in [2.75, 3.05) is 25.6 Å². The van der Waals surface area contributed by atoms with E-state index in [1.54, 1.807) is 25.3 Å². The summed E-state index contributed by atoms with van der Waals surface area (Å²) >= 11 is 0. The zero-order valence-corrected chi connectivity index (χ0v) is 9.25. The first kappa shape index (κ1) is 12.0. The van der Waals surface area contributed by atoms with Crippen LogP contribution < -0.4 is 10.5 Å². The van der Waals surface area contributed by atoms with Crippen LogP contribution in [0.1, 0.15) is 0 Å². The molecule has 1 aromatic rings. The third-order valence-corrected chi connectivity index (χ3v) is 2.78. The molecule has 15 heavy (non-hydrogen) atoms. The summed E-state index contributed by atoms with van der Waals surface area (Å²) in [4.78, 5) is 0.0982. The standard InChI is InChI=1S/C9H14N2O3S/c1-14-7-6-11-8-4-2-3-5-9(8)15(10,12)13/h2-5,11H,6-7H2,1H3,(H2,10,12,13). The van der Waals surface area contributed by atoms with Gasteiger partial charge in [-0.05, 0) is 12.1 Å². The highest BCUT2D eigenvalue weighted by atomic mass is 32.2. The Balaban J connectivity index is 2.88. The van der Waals surface area contributed by atoms with Crippen LogP contribution >= 0.6 is 0 Å². The van der Waals surface area contributed by atoms with Crippen molar-refractivity contribution in [3.63, 3.8) is 0 Å². The van der Waals surface area contributed by atoms with Crippen molar-refractivity contribution in [1.82, 2.24) is 0 Å². The number of anilines is 1. The van der Waals surface area contributed by atoms with Crippen LogP contribution in [0.4, 0.5) is 5.69 Å². The summed E-state index contributed by atoms with van der Waals surface area (Å²) < 4.78 is 27.2. The number of methoxy groups -OCH3 is 1. The van der Waals surface area contributed by atoms with Gasteiger partial charge in [-0.15, -0.1) is 0 Å². The normalized spacial score (nSPS) is 11.3. The summed E-state index contributed by atoms with van der Waals surface area (Å²) in [5.74, 6) is 0. The number of hydrogen-bond donors (Lipinski definition) is 2. The Labute approximate surface area is 89.3 Å². The van der Waals surface area contributed by atoms with Gasteiger partial charge in [0.1, 0.15) is 4.90 Å². The van der Waals surface area contributed by atoms with Crippen molar-refractivity contribution >= 4 is 15.7 Å². The van der Waals surface area contributed by atoms with Gasteiger partial charge in [0, 0.05) is 13.7 Å². The molecule has 0 atom stereocenters. The number of para-hydroxylation sites is 1. The average molecular weight is 230 g/mol. The predicted molar refractivity (Wildman–Crippen MR) is 58.2 cm³/mol. The Morgan fingerprint density at radius 3 is 2.67 bits per heavy atom. The summed E-state index contributed by atoms with van der Waals surface area (Å²) in [7, 11) is -2.10. The van der Waals surface area contributed by atoms with Crippen LogP contribution in [-0.2, 0) is 14.8 Å². The molecule has 1 aromatic carbocycles. The van der Waals surface area contributed by atoms with Crippen LogP contribution in [-0.4, -0.2) is 28.7 Å². The van der Waals surface area contributed by atoms with Crippen molar-refractivity contribution in [1.29, 1.82) is 0 Å². The highest BCUT2D eigenvalue weighted by Crippen LogP contribution is 2.18. The van der Waals surface area contributed by atoms with Crippen molar-refractivity contribution in [3.8, 4) is 0 Å². The SMILES string of the molecule is COCCNc1ccccc1S(N)(=O)=O. The quantitative estimate of drug-likeness (QED) is 0.717. The van der Waals surface area contributed by atoms with Crippen LogP contribution in [0.2, 0.25) is 0 Å². The molecule has 5 nitrogen and oxygen atoms in total. The summed E-state index contributed by atoms with van der Waals surface area (Å²) in [5.41, 5.74) is 0.497. The molecule has 0 unspecified atom stereocenters. The number of hydrogen-bond acceptors (Lipinski definition) is 4. The maximum atomic E-state index is 11.2. The summed E-state index contributed by atoms with van der Waals surface area (Å²) in [6, 6.07) is 6.49. The molecule has 0 fully saturated rings. The molecule has 0 spiro atoms. The number of primary sulfonamides is 1. The van der Waals surface area contributed by atoms with Gasteiger partial charge in [-0.1, -0.05) is 12.1 Å². The molecule has 0 saturated heterocycles. The lowest BCUT2D eigenvalue weighted by Crippen LogP contribution is -2.16. The van der Waals surface area contributed by atoms with E-state index in [1.165, 1.54) is 6.07 Å². The van der Waals surface area contributed by atoms with E-state index in [9.17, 15) is 8.42 Å². The molecule has 1 rings (SSSR count). The third kappa shape index (κ3) is 3.50. The molecule has 0 aliphatic rings. The van der Waals surface area contributed by atoms with Gasteiger partial charge in [-0.2, -0.15) is 0 Å². The van der Waals surface area contributed by atoms with Crippen molar-refractivity contribution in [2.24, 2.45) is 5.14 Å². The van der Waals surface area contributed by atoms with E-state index >= 15 is 0 Å². The summed E-state index contributed by atoms with van der Waals surface area (Å²) in [6.45, 7) is 1.03. The molecule has 3 N–H and O–H groups in total. The molecular formula is C9H14N2O3S. The smallest absolute Gasteiger partial charge is 0.240 e. The van der Waals surface area contributed by atoms with Crippen LogP contribution in [0, 0.1) is 0 Å². The fraction of sp³-hybridized carbons (Fsp3) is 0.333. The van der Waals surface area contributed by atoms with Gasteiger partial charge >= 0.3 is 0 Å². The van der Waals surface area contributed by atoms with Gasteiger partial charge in [0.05, 0.1) is 12.3 Å². The lowest BCUT2D eigenvalue weighted by Gasteiger charge is -2.09. The maximum Gasteiger partial charge on any atom is 0.240 e. The number of benzene rings is 1. The highest BCUT2D eigenvalue weighted by Gasteiger charge is 2.12. The first-order chi connectivity index (χ1) is 7.05. The average Bonchev–Trinajstić information content (AvgIpc) is 2.17. The van der Waals surface area contributed by atoms with E-state index in [0.717, 1.165) is 0 Å². The predicted octanol–water partition coefficient (Wildman–Crippen LogP) is 0.392. The van der Waals surface area contributed by atoms with Crippen molar-refractivity contribution < 1.29 is 13.2 Å². The minimum atomic E-state index is -3.67. The molecule has 0 amide bonds. The molecule has 0 heterocycles. The van der Waals surface area contributed by atoms with Gasteiger partial charge < -0.3 is 10.1 Å². The van der Waals surface area contributed by atoms with E-state index in [-0.39, 0.29) is 4.90 Å². The largest absolute Gasteiger partial charge is 0.383 e. The van der Waals surface area contributed by atoms with Gasteiger partial charge in [0.25, 0.3) is 0 Å². The van der Waals surface area contributed by atoms with Crippen LogP contribution in [0.25, 0.3) is 0 Å². The molecule has 0 radical (unpaired) electrons. The third-order valence-electron chi connectivity index (χ3n) is 1.82. The topological polar surface area (TPSA) is 81.4 Å². The number of ether oxygens (including phenoxy) is 1. The molecule has 0 aromatic heterocycles. The molecule has 0 bridgehead atoms. The van der Waals surface area contributed by atoms with Gasteiger partial charge in [0.2, 0.25) is 10.0 Å². The van der Waals surface area contributed by atoms with Crippen LogP contribution in [0.15, 0.2) is 29.2 Å². The first-order valence-electron chi connectivity index (χ1n) is 4.40. The number of rotatable bonds is 5. The first-order valence-corrected chi connectivity index (χ1v) is 5.95. The minimum Gasteiger partial charge on any atom is -0.383 e. The second-order valence-electron chi connectivity index (χ2n) is 2.96. The molecule has 0 aliphatic carbocycles. The maximum absolute atomic E-state index is 11.2. The van der Waals surface area contributed by atoms with Crippen molar-refractivity contribution in [3.05, 3.63) is 24.3 Å². The van der Waals surface area contributed by atoms with E-state index in [2.05, 4.69) is 5.32 Å². The van der Waals surface area contributed by atoms with E-state index < -0.39 is 10.0 Å². The van der Waals surface area contributed by atoms with Crippen LogP contribution in [0.5, 0.6) is 0 Å². The second kappa shape index (κ2) is 5.11. The molecular weight excluding hydrogens is 216 g/mol. The summed E-state index contributed by atoms with van der Waals surface area (Å²) in [6.07, 6.45) is 0. The highest BCUT2D eigenvalue weighted by molar-refractivity contribution is 7.89. The Morgan fingerprint density at radius 2 is 2.07 bits per heavy atom.